The molecule has 150 valence electrons. The maximum Gasteiger partial charge on any atom is 0.361 e. The Kier molecular flexibility index (Phi) is 4.51. The van der Waals surface area contributed by atoms with Crippen LogP contribution in [-0.2, 0) is 0 Å². The van der Waals surface area contributed by atoms with Gasteiger partial charge in [-0.1, -0.05) is 91.0 Å². The van der Waals surface area contributed by atoms with Gasteiger partial charge in [-0.2, -0.15) is 0 Å². The van der Waals surface area contributed by atoms with E-state index in [4.69, 9.17) is 4.42 Å². The molecule has 1 nitrogen and oxygen atoms in total. The van der Waals surface area contributed by atoms with Gasteiger partial charge in [0, 0.05) is 5.56 Å². The molecule has 0 atom stereocenters. The van der Waals surface area contributed by atoms with E-state index in [2.05, 4.69) is 121 Å². The molecule has 6 aromatic rings. The second-order valence-corrected chi connectivity index (χ2v) is 8.06. The van der Waals surface area contributed by atoms with Crippen LogP contribution in [0.4, 0.5) is 0 Å². The Bertz CT molecular complexity index is 1470. The first-order chi connectivity index (χ1) is 15.8. The Labute approximate surface area is 187 Å². The Balaban J connectivity index is 1.56. The molecule has 32 heavy (non-hydrogen) atoms. The molecule has 1 heteroatoms. The number of fused-ring (bicyclic) bond motifs is 2. The molecule has 0 unspecified atom stereocenters. The molecule has 0 aliphatic carbocycles. The molecule has 1 aromatic heterocycles. The van der Waals surface area contributed by atoms with Crippen LogP contribution >= 0.6 is 0 Å². The van der Waals surface area contributed by atoms with E-state index in [1.807, 2.05) is 6.07 Å². The lowest BCUT2D eigenvalue weighted by atomic mass is 9.99. The van der Waals surface area contributed by atoms with Crippen LogP contribution < -0.4 is 0 Å². The fourth-order valence-electron chi connectivity index (χ4n) is 4.27. The number of rotatable bonds is 3. The molecule has 0 saturated heterocycles. The van der Waals surface area contributed by atoms with Crippen LogP contribution in [-0.4, -0.2) is 0 Å². The molecule has 0 amide bonds. The summed E-state index contributed by atoms with van der Waals surface area (Å²) in [7, 11) is 0. The summed E-state index contributed by atoms with van der Waals surface area (Å²) in [5.41, 5.74) is 4.46. The minimum Gasteiger partial charge on any atom is -0.207 e. The van der Waals surface area contributed by atoms with Crippen molar-refractivity contribution in [2.45, 2.75) is 0 Å². The van der Waals surface area contributed by atoms with Crippen molar-refractivity contribution in [3.05, 3.63) is 127 Å². The summed E-state index contributed by atoms with van der Waals surface area (Å²) in [4.78, 5) is 0. The third-order valence-electron chi connectivity index (χ3n) is 5.97. The molecule has 5 aromatic carbocycles. The highest BCUT2D eigenvalue weighted by atomic mass is 16.3. The summed E-state index contributed by atoms with van der Waals surface area (Å²) in [5, 5.41) is 4.87. The summed E-state index contributed by atoms with van der Waals surface area (Å²) in [6.45, 7) is 0. The van der Waals surface area contributed by atoms with Crippen LogP contribution in [0.2, 0.25) is 0 Å². The predicted molar refractivity (Wildman–Crippen MR) is 134 cm³/mol. The van der Waals surface area contributed by atoms with Crippen molar-refractivity contribution in [2.24, 2.45) is 0 Å². The lowest BCUT2D eigenvalue weighted by Crippen LogP contribution is -1.87. The van der Waals surface area contributed by atoms with Crippen molar-refractivity contribution < 1.29 is 4.42 Å². The average Bonchev–Trinajstić information content (AvgIpc) is 2.88. The highest BCUT2D eigenvalue weighted by molar-refractivity contribution is 5.89. The van der Waals surface area contributed by atoms with Crippen molar-refractivity contribution >= 4 is 21.5 Å². The zero-order valence-electron chi connectivity index (χ0n) is 17.5. The van der Waals surface area contributed by atoms with Gasteiger partial charge in [0.15, 0.2) is 0 Å². The van der Waals surface area contributed by atoms with Crippen molar-refractivity contribution in [3.8, 4) is 33.8 Å². The first-order valence-corrected chi connectivity index (χ1v) is 10.9. The van der Waals surface area contributed by atoms with E-state index in [0.717, 1.165) is 28.2 Å². The minimum absolute atomic E-state index is 0.861. The highest BCUT2D eigenvalue weighted by Crippen LogP contribution is 2.35. The van der Waals surface area contributed by atoms with Crippen LogP contribution in [0.1, 0.15) is 0 Å². The Morgan fingerprint density at radius 1 is 0.312 bits per heavy atom. The summed E-state index contributed by atoms with van der Waals surface area (Å²) in [5.74, 6) is 1.72. The molecule has 0 radical (unpaired) electrons. The van der Waals surface area contributed by atoms with E-state index in [0.29, 0.717) is 0 Å². The third kappa shape index (κ3) is 3.44. The quantitative estimate of drug-likeness (QED) is 0.266. The first-order valence-electron chi connectivity index (χ1n) is 10.9. The van der Waals surface area contributed by atoms with E-state index < -0.39 is 0 Å². The molecular weight excluding hydrogens is 388 g/mol. The van der Waals surface area contributed by atoms with E-state index in [9.17, 15) is 0 Å². The topological polar surface area (TPSA) is 11.3 Å². The Morgan fingerprint density at radius 3 is 1.31 bits per heavy atom. The van der Waals surface area contributed by atoms with E-state index in [1.165, 1.54) is 27.1 Å². The van der Waals surface area contributed by atoms with Crippen molar-refractivity contribution in [2.75, 3.05) is 0 Å². The maximum absolute atomic E-state index is 6.51. The second-order valence-electron chi connectivity index (χ2n) is 8.06. The third-order valence-corrected chi connectivity index (χ3v) is 5.97. The van der Waals surface area contributed by atoms with E-state index >= 15 is 0 Å². The normalized spacial score (nSPS) is 11.1. The van der Waals surface area contributed by atoms with Crippen molar-refractivity contribution in [1.29, 1.82) is 0 Å². The lowest BCUT2D eigenvalue weighted by Gasteiger charge is -2.04. The standard InChI is InChI=1S/C31H21O/c1-2-8-22(9-3-1)29-20-30(27-16-14-23-10-4-6-12-25(23)18-27)32-31(21-29)28-17-15-24-11-5-7-13-26(24)19-28/h1-21H/q+1. The molecule has 0 fully saturated rings. The SMILES string of the molecule is c1ccc(-c2cc(-c3ccc4ccccc4c3)[o+]c(-c3ccc4ccccc4c3)c2)cc1. The fourth-order valence-corrected chi connectivity index (χ4v) is 4.27. The smallest absolute Gasteiger partial charge is 0.207 e. The van der Waals surface area contributed by atoms with Crippen LogP contribution in [0.25, 0.3) is 55.3 Å². The molecule has 6 rings (SSSR count). The van der Waals surface area contributed by atoms with Crippen LogP contribution in [0.15, 0.2) is 132 Å². The molecule has 0 spiro atoms. The number of benzene rings is 5. The molecule has 1 heterocycles. The second kappa shape index (κ2) is 7.79. The molecule has 0 saturated carbocycles. The van der Waals surface area contributed by atoms with Gasteiger partial charge in [0.05, 0.1) is 23.3 Å². The van der Waals surface area contributed by atoms with Gasteiger partial charge in [0.2, 0.25) is 0 Å². The predicted octanol–water partition coefficient (Wildman–Crippen LogP) is 8.87. The summed E-state index contributed by atoms with van der Waals surface area (Å²) in [6.07, 6.45) is 0. The van der Waals surface area contributed by atoms with Crippen LogP contribution in [0.3, 0.4) is 0 Å². The van der Waals surface area contributed by atoms with E-state index in [-0.39, 0.29) is 0 Å². The van der Waals surface area contributed by atoms with Gasteiger partial charge in [0.25, 0.3) is 0 Å². The molecule has 0 aliphatic heterocycles. The van der Waals surface area contributed by atoms with Gasteiger partial charge in [-0.25, -0.2) is 4.42 Å². The van der Waals surface area contributed by atoms with Gasteiger partial charge < -0.3 is 0 Å². The van der Waals surface area contributed by atoms with Gasteiger partial charge in [-0.3, -0.25) is 0 Å². The monoisotopic (exact) mass is 409 g/mol. The van der Waals surface area contributed by atoms with E-state index in [1.54, 1.807) is 0 Å². The molecular formula is C31H21O+. The zero-order valence-corrected chi connectivity index (χ0v) is 17.5. The average molecular weight is 410 g/mol. The largest absolute Gasteiger partial charge is 0.361 e. The van der Waals surface area contributed by atoms with Gasteiger partial charge >= 0.3 is 11.5 Å². The van der Waals surface area contributed by atoms with Gasteiger partial charge in [-0.05, 0) is 51.4 Å². The summed E-state index contributed by atoms with van der Waals surface area (Å²) in [6, 6.07) is 44.6. The zero-order chi connectivity index (χ0) is 21.3. The number of hydrogen-bond donors (Lipinski definition) is 0. The van der Waals surface area contributed by atoms with Crippen molar-refractivity contribution in [1.82, 2.24) is 0 Å². The van der Waals surface area contributed by atoms with Gasteiger partial charge in [0.1, 0.15) is 0 Å². The summed E-state index contributed by atoms with van der Waals surface area (Å²) < 4.78 is 6.51. The Hall–Kier alpha value is -4.23. The van der Waals surface area contributed by atoms with Crippen LogP contribution in [0, 0.1) is 0 Å². The molecule has 0 aliphatic rings. The fraction of sp³-hybridized carbons (Fsp3) is 0. The number of hydrogen-bond acceptors (Lipinski definition) is 0. The highest BCUT2D eigenvalue weighted by Gasteiger charge is 2.21. The summed E-state index contributed by atoms with van der Waals surface area (Å²) >= 11 is 0. The van der Waals surface area contributed by atoms with Crippen molar-refractivity contribution in [3.63, 3.8) is 0 Å². The molecule has 0 bridgehead atoms. The Morgan fingerprint density at radius 2 is 0.781 bits per heavy atom. The lowest BCUT2D eigenvalue weighted by molar-refractivity contribution is 0.582. The van der Waals surface area contributed by atoms with Crippen LogP contribution in [0.5, 0.6) is 0 Å². The maximum atomic E-state index is 6.51. The minimum atomic E-state index is 0.861. The van der Waals surface area contributed by atoms with Gasteiger partial charge in [-0.15, -0.1) is 0 Å². The molecule has 0 N–H and O–H groups in total. The first kappa shape index (κ1) is 18.5.